The highest BCUT2D eigenvalue weighted by Gasteiger charge is 2.21. The molecule has 0 saturated carbocycles. The van der Waals surface area contributed by atoms with E-state index in [9.17, 15) is 14.7 Å². The van der Waals surface area contributed by atoms with E-state index < -0.39 is 5.97 Å². The Labute approximate surface area is 190 Å². The predicted molar refractivity (Wildman–Crippen MR) is 127 cm³/mol. The van der Waals surface area contributed by atoms with Gasteiger partial charge in [-0.3, -0.25) is 4.79 Å². The van der Waals surface area contributed by atoms with Crippen LogP contribution in [-0.4, -0.2) is 36.7 Å². The molecule has 1 amide bonds. The number of aromatic carboxylic acids is 1. The molecule has 0 unspecified atom stereocenters. The first kappa shape index (κ1) is 23.6. The second-order valence-electron chi connectivity index (χ2n) is 8.26. The highest BCUT2D eigenvalue weighted by atomic mass is 16.5. The molecule has 2 aromatic carbocycles. The van der Waals surface area contributed by atoms with Crippen LogP contribution in [0.5, 0.6) is 5.75 Å². The molecule has 0 spiro atoms. The second kappa shape index (κ2) is 11.6. The Balaban J connectivity index is 1.76. The monoisotopic (exact) mass is 438 g/mol. The lowest BCUT2D eigenvalue weighted by atomic mass is 9.98. The Kier molecular flexibility index (Phi) is 8.54. The van der Waals surface area contributed by atoms with Crippen molar-refractivity contribution in [3.63, 3.8) is 0 Å². The Hall–Kier alpha value is -3.02. The van der Waals surface area contributed by atoms with Crippen LogP contribution >= 0.6 is 0 Å². The van der Waals surface area contributed by atoms with E-state index in [1.807, 2.05) is 6.07 Å². The van der Waals surface area contributed by atoms with Crippen LogP contribution < -0.4 is 15.0 Å². The largest absolute Gasteiger partial charge is 0.493 e. The summed E-state index contributed by atoms with van der Waals surface area (Å²) in [6.45, 7) is 6.41. The number of piperidine rings is 1. The number of nitrogens with zero attached hydrogens (tertiary/aromatic N) is 1. The van der Waals surface area contributed by atoms with E-state index in [-0.39, 0.29) is 23.9 Å². The lowest BCUT2D eigenvalue weighted by Gasteiger charge is -2.32. The van der Waals surface area contributed by atoms with Crippen LogP contribution in [-0.2, 0) is 11.2 Å². The van der Waals surface area contributed by atoms with E-state index in [2.05, 4.69) is 35.3 Å². The SMILES string of the molecule is CCC[C@H](NC(=O)Cc1ccc(C(=O)O)c(OCC)c1)c1ccccc1N1CCCCC1. The summed E-state index contributed by atoms with van der Waals surface area (Å²) in [6, 6.07) is 13.2. The van der Waals surface area contributed by atoms with Crippen LogP contribution in [0.15, 0.2) is 42.5 Å². The maximum Gasteiger partial charge on any atom is 0.339 e. The van der Waals surface area contributed by atoms with E-state index >= 15 is 0 Å². The molecule has 1 atom stereocenters. The van der Waals surface area contributed by atoms with E-state index in [4.69, 9.17) is 4.74 Å². The van der Waals surface area contributed by atoms with Crippen molar-refractivity contribution in [2.45, 2.75) is 58.4 Å². The number of hydrogen-bond acceptors (Lipinski definition) is 4. The van der Waals surface area contributed by atoms with Crippen LogP contribution in [0.2, 0.25) is 0 Å². The molecule has 0 aliphatic carbocycles. The number of hydrogen-bond donors (Lipinski definition) is 2. The Morgan fingerprint density at radius 2 is 1.84 bits per heavy atom. The van der Waals surface area contributed by atoms with Gasteiger partial charge in [0, 0.05) is 18.8 Å². The normalized spacial score (nSPS) is 14.6. The standard InChI is InChI=1S/C26H34N2O4/c1-3-10-22(20-11-6-7-12-23(20)28-15-8-5-9-16-28)27-25(29)18-19-13-14-21(26(30)31)24(17-19)32-4-2/h6-7,11-14,17,22H,3-5,8-10,15-16,18H2,1-2H3,(H,27,29)(H,30,31)/t22-/m0/s1. The Morgan fingerprint density at radius 1 is 1.09 bits per heavy atom. The summed E-state index contributed by atoms with van der Waals surface area (Å²) in [5.41, 5.74) is 3.22. The van der Waals surface area contributed by atoms with Gasteiger partial charge in [0.1, 0.15) is 11.3 Å². The summed E-state index contributed by atoms with van der Waals surface area (Å²) in [5, 5.41) is 12.6. The van der Waals surface area contributed by atoms with Crippen molar-refractivity contribution in [3.05, 3.63) is 59.2 Å². The fourth-order valence-electron chi connectivity index (χ4n) is 4.36. The topological polar surface area (TPSA) is 78.9 Å². The number of rotatable bonds is 10. The van der Waals surface area contributed by atoms with Gasteiger partial charge in [0.2, 0.25) is 5.91 Å². The number of nitrogens with one attached hydrogen (secondary N) is 1. The predicted octanol–water partition coefficient (Wildman–Crippen LogP) is 4.97. The summed E-state index contributed by atoms with van der Waals surface area (Å²) >= 11 is 0. The first-order chi connectivity index (χ1) is 15.5. The number of carboxylic acids is 1. The smallest absolute Gasteiger partial charge is 0.339 e. The molecule has 32 heavy (non-hydrogen) atoms. The average Bonchev–Trinajstić information content (AvgIpc) is 2.79. The van der Waals surface area contributed by atoms with Crippen molar-refractivity contribution in [2.24, 2.45) is 0 Å². The van der Waals surface area contributed by atoms with Crippen molar-refractivity contribution in [1.29, 1.82) is 0 Å². The van der Waals surface area contributed by atoms with Gasteiger partial charge in [-0.05, 0) is 61.9 Å². The molecule has 6 heteroatoms. The second-order valence-corrected chi connectivity index (χ2v) is 8.26. The van der Waals surface area contributed by atoms with Crippen LogP contribution in [0.25, 0.3) is 0 Å². The number of carbonyl (C=O) groups excluding carboxylic acids is 1. The minimum Gasteiger partial charge on any atom is -0.493 e. The van der Waals surface area contributed by atoms with Gasteiger partial charge in [0.05, 0.1) is 19.1 Å². The highest BCUT2D eigenvalue weighted by Crippen LogP contribution is 2.31. The lowest BCUT2D eigenvalue weighted by Crippen LogP contribution is -2.34. The molecule has 3 rings (SSSR count). The molecular formula is C26H34N2O4. The third-order valence-electron chi connectivity index (χ3n) is 5.86. The molecule has 6 nitrogen and oxygen atoms in total. The van der Waals surface area contributed by atoms with Crippen LogP contribution in [0.3, 0.4) is 0 Å². The van der Waals surface area contributed by atoms with Gasteiger partial charge in [-0.1, -0.05) is 37.6 Å². The van der Waals surface area contributed by atoms with Gasteiger partial charge < -0.3 is 20.1 Å². The molecule has 1 fully saturated rings. The first-order valence-corrected chi connectivity index (χ1v) is 11.7. The van der Waals surface area contributed by atoms with Crippen molar-refractivity contribution in [2.75, 3.05) is 24.6 Å². The molecule has 0 bridgehead atoms. The first-order valence-electron chi connectivity index (χ1n) is 11.7. The van der Waals surface area contributed by atoms with E-state index in [1.54, 1.807) is 19.1 Å². The zero-order valence-corrected chi connectivity index (χ0v) is 19.1. The summed E-state index contributed by atoms with van der Waals surface area (Å²) in [4.78, 5) is 26.8. The van der Waals surface area contributed by atoms with Gasteiger partial charge in [-0.25, -0.2) is 4.79 Å². The lowest BCUT2D eigenvalue weighted by molar-refractivity contribution is -0.121. The number of ether oxygens (including phenoxy) is 1. The Bertz CT molecular complexity index is 922. The van der Waals surface area contributed by atoms with Crippen LogP contribution in [0.4, 0.5) is 5.69 Å². The minimum atomic E-state index is -1.04. The third kappa shape index (κ3) is 6.02. The maximum atomic E-state index is 13.0. The minimum absolute atomic E-state index is 0.0599. The quantitative estimate of drug-likeness (QED) is 0.547. The van der Waals surface area contributed by atoms with Crippen molar-refractivity contribution in [3.8, 4) is 5.75 Å². The van der Waals surface area contributed by atoms with Crippen molar-refractivity contribution < 1.29 is 19.4 Å². The number of carboxylic acid groups (broad SMARTS) is 1. The van der Waals surface area contributed by atoms with Gasteiger partial charge >= 0.3 is 5.97 Å². The zero-order valence-electron chi connectivity index (χ0n) is 19.1. The molecule has 0 radical (unpaired) electrons. The molecule has 1 aliphatic rings. The van der Waals surface area contributed by atoms with Crippen LogP contribution in [0, 0.1) is 0 Å². The number of amides is 1. The van der Waals surface area contributed by atoms with E-state index in [1.165, 1.54) is 36.6 Å². The van der Waals surface area contributed by atoms with Crippen molar-refractivity contribution in [1.82, 2.24) is 5.32 Å². The number of anilines is 1. The van der Waals surface area contributed by atoms with Gasteiger partial charge in [-0.15, -0.1) is 0 Å². The molecule has 1 aliphatic heterocycles. The number of para-hydroxylation sites is 1. The summed E-state index contributed by atoms with van der Waals surface area (Å²) in [5.74, 6) is -0.824. The summed E-state index contributed by atoms with van der Waals surface area (Å²) < 4.78 is 5.47. The molecule has 2 N–H and O–H groups in total. The fraction of sp³-hybridized carbons (Fsp3) is 0.462. The summed E-state index contributed by atoms with van der Waals surface area (Å²) in [7, 11) is 0. The summed E-state index contributed by atoms with van der Waals surface area (Å²) in [6.07, 6.45) is 5.67. The molecule has 2 aromatic rings. The average molecular weight is 439 g/mol. The van der Waals surface area contributed by atoms with E-state index in [0.29, 0.717) is 12.4 Å². The van der Waals surface area contributed by atoms with Gasteiger partial charge in [0.25, 0.3) is 0 Å². The van der Waals surface area contributed by atoms with Gasteiger partial charge in [0.15, 0.2) is 0 Å². The third-order valence-corrected chi connectivity index (χ3v) is 5.86. The zero-order chi connectivity index (χ0) is 22.9. The highest BCUT2D eigenvalue weighted by molar-refractivity contribution is 5.91. The maximum absolute atomic E-state index is 13.0. The van der Waals surface area contributed by atoms with Crippen molar-refractivity contribution >= 4 is 17.6 Å². The fourth-order valence-corrected chi connectivity index (χ4v) is 4.36. The number of benzene rings is 2. The molecule has 0 aromatic heterocycles. The Morgan fingerprint density at radius 3 is 2.53 bits per heavy atom. The molecular weight excluding hydrogens is 404 g/mol. The molecule has 1 heterocycles. The molecule has 1 saturated heterocycles. The van der Waals surface area contributed by atoms with Crippen LogP contribution in [0.1, 0.15) is 73.5 Å². The van der Waals surface area contributed by atoms with E-state index in [0.717, 1.165) is 31.5 Å². The van der Waals surface area contributed by atoms with Gasteiger partial charge in [-0.2, -0.15) is 0 Å². The molecule has 172 valence electrons. The number of carbonyl (C=O) groups is 2.